The van der Waals surface area contributed by atoms with Gasteiger partial charge in [0.2, 0.25) is 0 Å². The summed E-state index contributed by atoms with van der Waals surface area (Å²) in [5.41, 5.74) is 0.814. The van der Waals surface area contributed by atoms with Gasteiger partial charge in [-0.25, -0.2) is 9.78 Å². The van der Waals surface area contributed by atoms with Gasteiger partial charge >= 0.3 is 6.03 Å². The fourth-order valence-corrected chi connectivity index (χ4v) is 1.55. The van der Waals surface area contributed by atoms with E-state index in [1.807, 2.05) is 19.9 Å². The average Bonchev–Trinajstić information content (AvgIpc) is 2.33. The lowest BCUT2D eigenvalue weighted by Crippen LogP contribution is -2.31. The summed E-state index contributed by atoms with van der Waals surface area (Å²) < 4.78 is 0.902. The molecule has 1 aromatic rings. The third-order valence-corrected chi connectivity index (χ3v) is 3.34. The molecular formula is C12H18BrN3O2. The number of anilines is 1. The van der Waals surface area contributed by atoms with E-state index in [2.05, 4.69) is 31.5 Å². The van der Waals surface area contributed by atoms with Crippen molar-refractivity contribution in [2.45, 2.75) is 32.8 Å². The number of pyridine rings is 1. The van der Waals surface area contributed by atoms with E-state index < -0.39 is 0 Å². The minimum Gasteiger partial charge on any atom is -0.393 e. The minimum atomic E-state index is -0.363. The van der Waals surface area contributed by atoms with Crippen molar-refractivity contribution >= 4 is 27.8 Å². The predicted octanol–water partition coefficient (Wildman–Crippen LogP) is 2.44. The van der Waals surface area contributed by atoms with Gasteiger partial charge in [0.25, 0.3) is 0 Å². The number of hydrogen-bond acceptors (Lipinski definition) is 3. The lowest BCUT2D eigenvalue weighted by atomic mass is 10.2. The molecule has 0 aromatic carbocycles. The Hall–Kier alpha value is -1.14. The molecule has 0 spiro atoms. The van der Waals surface area contributed by atoms with E-state index in [0.29, 0.717) is 25.2 Å². The van der Waals surface area contributed by atoms with E-state index in [1.165, 1.54) is 0 Å². The molecule has 0 aliphatic carbocycles. The molecule has 0 aliphatic heterocycles. The number of nitrogens with zero attached hydrogens (tertiary/aromatic N) is 1. The number of carbonyl (C=O) groups is 1. The van der Waals surface area contributed by atoms with Gasteiger partial charge in [-0.1, -0.05) is 6.92 Å². The first kappa shape index (κ1) is 14.9. The molecule has 18 heavy (non-hydrogen) atoms. The second-order valence-corrected chi connectivity index (χ2v) is 4.85. The van der Waals surface area contributed by atoms with Crippen molar-refractivity contribution < 1.29 is 9.90 Å². The van der Waals surface area contributed by atoms with Crippen LogP contribution in [0.3, 0.4) is 0 Å². The van der Waals surface area contributed by atoms with Crippen LogP contribution in [0.2, 0.25) is 0 Å². The minimum absolute atomic E-state index is 0.312. The molecule has 0 aliphatic rings. The maximum absolute atomic E-state index is 11.5. The monoisotopic (exact) mass is 315 g/mol. The molecule has 0 saturated heterocycles. The third-order valence-electron chi connectivity index (χ3n) is 2.50. The predicted molar refractivity (Wildman–Crippen MR) is 74.6 cm³/mol. The third kappa shape index (κ3) is 5.01. The summed E-state index contributed by atoms with van der Waals surface area (Å²) in [5, 5.41) is 14.6. The first-order valence-electron chi connectivity index (χ1n) is 5.89. The van der Waals surface area contributed by atoms with Crippen LogP contribution in [-0.2, 0) is 0 Å². The van der Waals surface area contributed by atoms with Crippen LogP contribution in [0.15, 0.2) is 16.6 Å². The van der Waals surface area contributed by atoms with Crippen molar-refractivity contribution in [3.63, 3.8) is 0 Å². The van der Waals surface area contributed by atoms with Gasteiger partial charge in [0.1, 0.15) is 5.82 Å². The first-order valence-corrected chi connectivity index (χ1v) is 6.68. The Morgan fingerprint density at radius 2 is 2.28 bits per heavy atom. The van der Waals surface area contributed by atoms with Gasteiger partial charge in [0.15, 0.2) is 0 Å². The van der Waals surface area contributed by atoms with Gasteiger partial charge in [-0.2, -0.15) is 0 Å². The molecule has 3 N–H and O–H groups in total. The Kier molecular flexibility index (Phi) is 6.07. The second-order valence-electron chi connectivity index (χ2n) is 4.00. The van der Waals surface area contributed by atoms with Crippen LogP contribution in [0.1, 0.15) is 25.5 Å². The highest BCUT2D eigenvalue weighted by Crippen LogP contribution is 2.15. The summed E-state index contributed by atoms with van der Waals surface area (Å²) in [6.45, 7) is 4.19. The number of hydrogen-bond donors (Lipinski definition) is 3. The number of urea groups is 1. The molecular weight excluding hydrogens is 298 g/mol. The van der Waals surface area contributed by atoms with E-state index in [1.54, 1.807) is 6.07 Å². The molecule has 6 heteroatoms. The van der Waals surface area contributed by atoms with Gasteiger partial charge in [0, 0.05) is 11.0 Å². The maximum atomic E-state index is 11.5. The number of rotatable bonds is 5. The van der Waals surface area contributed by atoms with Crippen LogP contribution in [0, 0.1) is 6.92 Å². The zero-order valence-corrected chi connectivity index (χ0v) is 12.1. The zero-order chi connectivity index (χ0) is 13.5. The van der Waals surface area contributed by atoms with E-state index in [4.69, 9.17) is 0 Å². The van der Waals surface area contributed by atoms with E-state index in [-0.39, 0.29) is 12.1 Å². The number of aliphatic hydroxyl groups excluding tert-OH is 1. The second kappa shape index (κ2) is 7.33. The normalized spacial score (nSPS) is 12.0. The molecule has 1 atom stereocenters. The number of halogens is 1. The van der Waals surface area contributed by atoms with E-state index >= 15 is 0 Å². The number of aryl methyl sites for hydroxylation is 1. The van der Waals surface area contributed by atoms with Crippen LogP contribution in [0.5, 0.6) is 0 Å². The largest absolute Gasteiger partial charge is 0.393 e. The molecule has 0 radical (unpaired) electrons. The smallest absolute Gasteiger partial charge is 0.320 e. The summed E-state index contributed by atoms with van der Waals surface area (Å²) in [6.07, 6.45) is 0.881. The summed E-state index contributed by atoms with van der Waals surface area (Å²) in [5.74, 6) is 0.504. The first-order chi connectivity index (χ1) is 8.52. The molecule has 2 amide bonds. The molecule has 5 nitrogen and oxygen atoms in total. The van der Waals surface area contributed by atoms with E-state index in [9.17, 15) is 9.90 Å². The van der Waals surface area contributed by atoms with Crippen LogP contribution in [0.25, 0.3) is 0 Å². The van der Waals surface area contributed by atoms with Crippen molar-refractivity contribution in [1.29, 1.82) is 0 Å². The van der Waals surface area contributed by atoms with Crippen LogP contribution >= 0.6 is 15.9 Å². The Morgan fingerprint density at radius 3 is 2.89 bits per heavy atom. The Bertz CT molecular complexity index is 412. The topological polar surface area (TPSA) is 74.2 Å². The zero-order valence-electron chi connectivity index (χ0n) is 10.5. The number of aliphatic hydroxyl groups is 1. The van der Waals surface area contributed by atoms with E-state index in [0.717, 1.165) is 10.2 Å². The van der Waals surface area contributed by atoms with Gasteiger partial charge in [-0.05, 0) is 47.8 Å². The van der Waals surface area contributed by atoms with Gasteiger partial charge in [-0.15, -0.1) is 0 Å². The van der Waals surface area contributed by atoms with Crippen molar-refractivity contribution in [3.05, 3.63) is 22.3 Å². The van der Waals surface area contributed by atoms with Crippen molar-refractivity contribution in [2.75, 3.05) is 11.9 Å². The fraction of sp³-hybridized carbons (Fsp3) is 0.500. The highest BCUT2D eigenvalue weighted by atomic mass is 79.9. The highest BCUT2D eigenvalue weighted by molar-refractivity contribution is 9.10. The van der Waals surface area contributed by atoms with Gasteiger partial charge in [-0.3, -0.25) is 5.32 Å². The van der Waals surface area contributed by atoms with Crippen LogP contribution in [-0.4, -0.2) is 28.8 Å². The Labute approximate surface area is 115 Å². The summed E-state index contributed by atoms with van der Waals surface area (Å²) >= 11 is 3.34. The fourth-order valence-electron chi connectivity index (χ4n) is 1.33. The maximum Gasteiger partial charge on any atom is 0.320 e. The molecule has 100 valence electrons. The van der Waals surface area contributed by atoms with Crippen molar-refractivity contribution in [2.24, 2.45) is 0 Å². The number of nitrogens with one attached hydrogen (secondary N) is 2. The summed E-state index contributed by atoms with van der Waals surface area (Å²) in [6, 6.07) is 3.24. The SMILES string of the molecule is CC[C@@H](O)CCNC(=O)Nc1ccc(Br)c(C)n1. The lowest BCUT2D eigenvalue weighted by Gasteiger charge is -2.10. The quantitative estimate of drug-likeness (QED) is 0.781. The molecule has 1 heterocycles. The molecule has 1 rings (SSSR count). The highest BCUT2D eigenvalue weighted by Gasteiger charge is 2.05. The number of aromatic nitrogens is 1. The molecule has 0 fully saturated rings. The van der Waals surface area contributed by atoms with Crippen LogP contribution < -0.4 is 10.6 Å². The number of amides is 2. The Morgan fingerprint density at radius 1 is 1.56 bits per heavy atom. The molecule has 0 saturated carbocycles. The van der Waals surface area contributed by atoms with Crippen molar-refractivity contribution in [3.8, 4) is 0 Å². The summed E-state index contributed by atoms with van der Waals surface area (Å²) in [7, 11) is 0. The lowest BCUT2D eigenvalue weighted by molar-refractivity contribution is 0.160. The molecule has 0 unspecified atom stereocenters. The molecule has 0 bridgehead atoms. The number of carbonyl (C=O) groups excluding carboxylic acids is 1. The van der Waals surface area contributed by atoms with Crippen molar-refractivity contribution in [1.82, 2.24) is 10.3 Å². The van der Waals surface area contributed by atoms with Crippen LogP contribution in [0.4, 0.5) is 10.6 Å². The van der Waals surface area contributed by atoms with Gasteiger partial charge < -0.3 is 10.4 Å². The average molecular weight is 316 g/mol. The summed E-state index contributed by atoms with van der Waals surface area (Å²) in [4.78, 5) is 15.7. The molecule has 1 aromatic heterocycles. The van der Waals surface area contributed by atoms with Gasteiger partial charge in [0.05, 0.1) is 11.8 Å². The standard InChI is InChI=1S/C12H18BrN3O2/c1-3-9(17)6-7-14-12(18)16-11-5-4-10(13)8(2)15-11/h4-5,9,17H,3,6-7H2,1-2H3,(H2,14,15,16,18)/t9-/m1/s1. The Balaban J connectivity index is 2.38.